The first kappa shape index (κ1) is 17.1. The van der Waals surface area contributed by atoms with Gasteiger partial charge in [0, 0.05) is 45.3 Å². The highest BCUT2D eigenvalue weighted by atomic mass is 16.5. The monoisotopic (exact) mass is 335 g/mol. The SMILES string of the molecule is O=C(Nc1ccc(NCCN2CCOCC2)nn1)C1CCOCC1. The summed E-state index contributed by atoms with van der Waals surface area (Å²) in [7, 11) is 0. The molecule has 1 aromatic rings. The molecule has 0 aromatic carbocycles. The van der Waals surface area contributed by atoms with E-state index in [0.717, 1.165) is 52.2 Å². The summed E-state index contributed by atoms with van der Waals surface area (Å²) in [4.78, 5) is 14.5. The van der Waals surface area contributed by atoms with Crippen molar-refractivity contribution in [3.05, 3.63) is 12.1 Å². The van der Waals surface area contributed by atoms with Crippen LogP contribution in [0.4, 0.5) is 11.6 Å². The highest BCUT2D eigenvalue weighted by Gasteiger charge is 2.21. The standard InChI is InChI=1S/C16H25N5O3/c22-16(13-3-9-23-10-4-13)18-15-2-1-14(19-20-15)17-5-6-21-7-11-24-12-8-21/h1-2,13H,3-12H2,(H,17,19)(H,18,20,22). The number of anilines is 2. The third-order valence-corrected chi connectivity index (χ3v) is 4.35. The molecule has 2 aliphatic heterocycles. The fourth-order valence-corrected chi connectivity index (χ4v) is 2.85. The van der Waals surface area contributed by atoms with Crippen molar-refractivity contribution in [2.24, 2.45) is 5.92 Å². The van der Waals surface area contributed by atoms with Gasteiger partial charge in [0.05, 0.1) is 13.2 Å². The lowest BCUT2D eigenvalue weighted by atomic mass is 9.99. The van der Waals surface area contributed by atoms with Gasteiger partial charge in [-0.3, -0.25) is 9.69 Å². The number of amides is 1. The Morgan fingerprint density at radius 2 is 1.75 bits per heavy atom. The smallest absolute Gasteiger partial charge is 0.228 e. The van der Waals surface area contributed by atoms with Gasteiger partial charge in [0.15, 0.2) is 5.82 Å². The van der Waals surface area contributed by atoms with Crippen molar-refractivity contribution in [3.63, 3.8) is 0 Å². The van der Waals surface area contributed by atoms with Crippen LogP contribution in [-0.4, -0.2) is 73.6 Å². The number of carbonyl (C=O) groups excluding carboxylic acids is 1. The van der Waals surface area contributed by atoms with Crippen LogP contribution in [0.1, 0.15) is 12.8 Å². The van der Waals surface area contributed by atoms with Crippen molar-refractivity contribution < 1.29 is 14.3 Å². The van der Waals surface area contributed by atoms with Gasteiger partial charge in [0.1, 0.15) is 5.82 Å². The quantitative estimate of drug-likeness (QED) is 0.786. The summed E-state index contributed by atoms with van der Waals surface area (Å²) in [5.74, 6) is 1.21. The molecule has 0 aliphatic carbocycles. The predicted molar refractivity (Wildman–Crippen MR) is 90.0 cm³/mol. The third kappa shape index (κ3) is 5.12. The normalized spacial score (nSPS) is 19.8. The second-order valence-corrected chi connectivity index (χ2v) is 6.06. The Hall–Kier alpha value is -1.77. The predicted octanol–water partition coefficient (Wildman–Crippen LogP) is 0.586. The lowest BCUT2D eigenvalue weighted by Crippen LogP contribution is -2.39. The van der Waals surface area contributed by atoms with Crippen LogP contribution in [-0.2, 0) is 14.3 Å². The Kier molecular flexibility index (Phi) is 6.33. The number of hydrogen-bond acceptors (Lipinski definition) is 7. The van der Waals surface area contributed by atoms with Crippen LogP contribution in [0, 0.1) is 5.92 Å². The van der Waals surface area contributed by atoms with Crippen LogP contribution in [0.2, 0.25) is 0 Å². The van der Waals surface area contributed by atoms with Crippen LogP contribution in [0.3, 0.4) is 0 Å². The molecule has 132 valence electrons. The summed E-state index contributed by atoms with van der Waals surface area (Å²) in [6.45, 7) is 6.62. The molecule has 0 spiro atoms. The molecular formula is C16H25N5O3. The molecule has 2 N–H and O–H groups in total. The van der Waals surface area contributed by atoms with E-state index in [-0.39, 0.29) is 11.8 Å². The molecule has 8 nitrogen and oxygen atoms in total. The summed E-state index contributed by atoms with van der Waals surface area (Å²) < 4.78 is 10.6. The van der Waals surface area contributed by atoms with Crippen molar-refractivity contribution in [1.82, 2.24) is 15.1 Å². The topological polar surface area (TPSA) is 88.6 Å². The fraction of sp³-hybridized carbons (Fsp3) is 0.688. The van der Waals surface area contributed by atoms with Crippen molar-refractivity contribution in [2.75, 3.05) is 63.2 Å². The summed E-state index contributed by atoms with van der Waals surface area (Å²) in [5.41, 5.74) is 0. The van der Waals surface area contributed by atoms with Crippen LogP contribution >= 0.6 is 0 Å². The first-order chi connectivity index (χ1) is 11.8. The molecule has 3 rings (SSSR count). The summed E-state index contributed by atoms with van der Waals surface area (Å²) in [5, 5.41) is 14.3. The van der Waals surface area contributed by atoms with Gasteiger partial charge in [0.2, 0.25) is 5.91 Å². The van der Waals surface area contributed by atoms with E-state index in [1.54, 1.807) is 6.07 Å². The van der Waals surface area contributed by atoms with Crippen molar-refractivity contribution in [3.8, 4) is 0 Å². The van der Waals surface area contributed by atoms with Crippen LogP contribution in [0.5, 0.6) is 0 Å². The zero-order valence-electron chi connectivity index (χ0n) is 13.9. The average molecular weight is 335 g/mol. The second-order valence-electron chi connectivity index (χ2n) is 6.06. The zero-order valence-corrected chi connectivity index (χ0v) is 13.9. The van der Waals surface area contributed by atoms with Gasteiger partial charge in [-0.2, -0.15) is 0 Å². The number of nitrogens with zero attached hydrogens (tertiary/aromatic N) is 3. The van der Waals surface area contributed by atoms with Crippen molar-refractivity contribution >= 4 is 17.5 Å². The minimum atomic E-state index is 0.000580. The Morgan fingerprint density at radius 3 is 2.46 bits per heavy atom. The molecule has 2 aliphatic rings. The summed E-state index contributed by atoms with van der Waals surface area (Å²) in [6.07, 6.45) is 1.53. The molecule has 24 heavy (non-hydrogen) atoms. The molecule has 2 fully saturated rings. The zero-order chi connectivity index (χ0) is 16.6. The van der Waals surface area contributed by atoms with Crippen LogP contribution < -0.4 is 10.6 Å². The molecule has 3 heterocycles. The number of carbonyl (C=O) groups is 1. The van der Waals surface area contributed by atoms with Gasteiger partial charge in [-0.25, -0.2) is 0 Å². The van der Waals surface area contributed by atoms with Gasteiger partial charge < -0.3 is 20.1 Å². The molecule has 1 aromatic heterocycles. The van der Waals surface area contributed by atoms with E-state index in [1.807, 2.05) is 6.07 Å². The fourth-order valence-electron chi connectivity index (χ4n) is 2.85. The molecule has 1 amide bonds. The van der Waals surface area contributed by atoms with Crippen LogP contribution in [0.25, 0.3) is 0 Å². The lowest BCUT2D eigenvalue weighted by molar-refractivity contribution is -0.122. The van der Waals surface area contributed by atoms with E-state index in [0.29, 0.717) is 24.8 Å². The minimum Gasteiger partial charge on any atom is -0.381 e. The van der Waals surface area contributed by atoms with Gasteiger partial charge >= 0.3 is 0 Å². The number of nitrogens with one attached hydrogen (secondary N) is 2. The lowest BCUT2D eigenvalue weighted by Gasteiger charge is -2.26. The maximum atomic E-state index is 12.1. The van der Waals surface area contributed by atoms with Crippen molar-refractivity contribution in [1.29, 1.82) is 0 Å². The molecule has 0 saturated carbocycles. The Balaban J connectivity index is 1.40. The number of rotatable bonds is 6. The molecule has 8 heteroatoms. The first-order valence-corrected chi connectivity index (χ1v) is 8.57. The number of hydrogen-bond donors (Lipinski definition) is 2. The third-order valence-electron chi connectivity index (χ3n) is 4.35. The number of morpholine rings is 1. The Labute approximate surface area is 141 Å². The van der Waals surface area contributed by atoms with E-state index >= 15 is 0 Å². The maximum absolute atomic E-state index is 12.1. The van der Waals surface area contributed by atoms with E-state index in [1.165, 1.54) is 0 Å². The highest BCUT2D eigenvalue weighted by Crippen LogP contribution is 2.17. The van der Waals surface area contributed by atoms with Gasteiger partial charge in [-0.05, 0) is 25.0 Å². The molecule has 2 saturated heterocycles. The summed E-state index contributed by atoms with van der Waals surface area (Å²) in [6, 6.07) is 3.62. The van der Waals surface area contributed by atoms with Crippen molar-refractivity contribution in [2.45, 2.75) is 12.8 Å². The van der Waals surface area contributed by atoms with E-state index in [4.69, 9.17) is 9.47 Å². The molecule has 0 unspecified atom stereocenters. The largest absolute Gasteiger partial charge is 0.381 e. The number of ether oxygens (including phenoxy) is 2. The maximum Gasteiger partial charge on any atom is 0.228 e. The Bertz CT molecular complexity index is 513. The average Bonchev–Trinajstić information content (AvgIpc) is 2.65. The van der Waals surface area contributed by atoms with Gasteiger partial charge in [0.25, 0.3) is 0 Å². The minimum absolute atomic E-state index is 0.000580. The van der Waals surface area contributed by atoms with Crippen LogP contribution in [0.15, 0.2) is 12.1 Å². The first-order valence-electron chi connectivity index (χ1n) is 8.57. The van der Waals surface area contributed by atoms with E-state index in [9.17, 15) is 4.79 Å². The summed E-state index contributed by atoms with van der Waals surface area (Å²) >= 11 is 0. The van der Waals surface area contributed by atoms with Gasteiger partial charge in [-0.15, -0.1) is 10.2 Å². The van der Waals surface area contributed by atoms with E-state index < -0.39 is 0 Å². The Morgan fingerprint density at radius 1 is 1.08 bits per heavy atom. The molecule has 0 bridgehead atoms. The second kappa shape index (κ2) is 8.91. The molecule has 0 radical (unpaired) electrons. The van der Waals surface area contributed by atoms with E-state index in [2.05, 4.69) is 25.7 Å². The van der Waals surface area contributed by atoms with Gasteiger partial charge in [-0.1, -0.05) is 0 Å². The molecular weight excluding hydrogens is 310 g/mol. The molecule has 0 atom stereocenters. The highest BCUT2D eigenvalue weighted by molar-refractivity contribution is 5.91. The number of aromatic nitrogens is 2.